The molecule has 0 fully saturated rings. The van der Waals surface area contributed by atoms with E-state index in [4.69, 9.17) is 4.74 Å². The number of carbonyl (C=O) groups excluding carboxylic acids is 1. The second-order valence-corrected chi connectivity index (χ2v) is 7.33. The third kappa shape index (κ3) is 3.82. The number of thiophene rings is 1. The summed E-state index contributed by atoms with van der Waals surface area (Å²) < 4.78 is 18.4. The highest BCUT2D eigenvalue weighted by Gasteiger charge is 2.23. The van der Waals surface area contributed by atoms with E-state index >= 15 is 0 Å². The molecule has 0 unspecified atom stereocenters. The van der Waals surface area contributed by atoms with Crippen molar-refractivity contribution in [1.82, 2.24) is 9.97 Å². The van der Waals surface area contributed by atoms with E-state index in [1.54, 1.807) is 19.1 Å². The van der Waals surface area contributed by atoms with Crippen LogP contribution in [0.4, 0.5) is 4.39 Å². The van der Waals surface area contributed by atoms with Crippen LogP contribution in [-0.4, -0.2) is 27.8 Å². The summed E-state index contributed by atoms with van der Waals surface area (Å²) in [5.74, 6) is -0.511. The third-order valence-electron chi connectivity index (χ3n) is 3.66. The molecule has 1 aromatic carbocycles. The van der Waals surface area contributed by atoms with Crippen molar-refractivity contribution in [3.05, 3.63) is 41.8 Å². The number of esters is 1. The van der Waals surface area contributed by atoms with Crippen LogP contribution in [0.25, 0.3) is 21.3 Å². The zero-order chi connectivity index (χ0) is 17.8. The quantitative estimate of drug-likeness (QED) is 0.347. The van der Waals surface area contributed by atoms with Gasteiger partial charge in [0.15, 0.2) is 0 Å². The van der Waals surface area contributed by atoms with Gasteiger partial charge >= 0.3 is 5.97 Å². The fourth-order valence-corrected chi connectivity index (χ4v) is 4.46. The molecule has 0 N–H and O–H groups in total. The van der Waals surface area contributed by atoms with E-state index in [1.807, 2.05) is 12.3 Å². The molecule has 7 heteroatoms. The van der Waals surface area contributed by atoms with E-state index in [-0.39, 0.29) is 17.0 Å². The highest BCUT2D eigenvalue weighted by atomic mass is 32.2. The van der Waals surface area contributed by atoms with Crippen molar-refractivity contribution >= 4 is 39.3 Å². The summed E-state index contributed by atoms with van der Waals surface area (Å²) >= 11 is 2.90. The van der Waals surface area contributed by atoms with Gasteiger partial charge in [-0.05, 0) is 31.0 Å². The Morgan fingerprint density at radius 2 is 2.04 bits per heavy atom. The fourth-order valence-electron chi connectivity index (χ4n) is 2.45. The molecule has 0 aliphatic heterocycles. The molecule has 130 valence electrons. The Morgan fingerprint density at radius 3 is 2.72 bits per heavy atom. The number of ether oxygens (including phenoxy) is 1. The summed E-state index contributed by atoms with van der Waals surface area (Å²) in [4.78, 5) is 21.7. The first-order chi connectivity index (χ1) is 12.1. The molecule has 1 atom stereocenters. The van der Waals surface area contributed by atoms with Gasteiger partial charge in [-0.2, -0.15) is 0 Å². The molecule has 2 aromatic heterocycles. The molecule has 25 heavy (non-hydrogen) atoms. The number of fused-ring (bicyclic) bond motifs is 1. The van der Waals surface area contributed by atoms with Crippen LogP contribution in [0.2, 0.25) is 0 Å². The van der Waals surface area contributed by atoms with Gasteiger partial charge in [0.1, 0.15) is 27.3 Å². The molecule has 4 nitrogen and oxygen atoms in total. The van der Waals surface area contributed by atoms with Gasteiger partial charge in [-0.25, -0.2) is 14.4 Å². The Kier molecular flexibility index (Phi) is 5.65. The van der Waals surface area contributed by atoms with E-state index in [0.29, 0.717) is 13.0 Å². The molecule has 0 radical (unpaired) electrons. The summed E-state index contributed by atoms with van der Waals surface area (Å²) in [6, 6.07) is 6.34. The minimum absolute atomic E-state index is 0.236. The van der Waals surface area contributed by atoms with Crippen molar-refractivity contribution in [1.29, 1.82) is 0 Å². The number of thioether (sulfide) groups is 1. The van der Waals surface area contributed by atoms with E-state index in [2.05, 4.69) is 9.97 Å². The van der Waals surface area contributed by atoms with Crippen molar-refractivity contribution in [2.24, 2.45) is 0 Å². The second kappa shape index (κ2) is 7.93. The van der Waals surface area contributed by atoms with Gasteiger partial charge in [0, 0.05) is 10.9 Å². The van der Waals surface area contributed by atoms with Crippen LogP contribution in [0.1, 0.15) is 20.3 Å². The normalized spacial score (nSPS) is 12.3. The molecule has 0 saturated carbocycles. The van der Waals surface area contributed by atoms with Crippen molar-refractivity contribution in [3.63, 3.8) is 0 Å². The highest BCUT2D eigenvalue weighted by molar-refractivity contribution is 8.00. The first kappa shape index (κ1) is 17.8. The second-order valence-electron chi connectivity index (χ2n) is 5.28. The smallest absolute Gasteiger partial charge is 0.319 e. The lowest BCUT2D eigenvalue weighted by Gasteiger charge is -2.13. The summed E-state index contributed by atoms with van der Waals surface area (Å²) in [5.41, 5.74) is 1.84. The minimum Gasteiger partial charge on any atom is -0.465 e. The first-order valence-corrected chi connectivity index (χ1v) is 9.71. The van der Waals surface area contributed by atoms with Gasteiger partial charge in [0.05, 0.1) is 12.0 Å². The summed E-state index contributed by atoms with van der Waals surface area (Å²) in [6.07, 6.45) is 2.15. The molecule has 0 saturated heterocycles. The van der Waals surface area contributed by atoms with Crippen molar-refractivity contribution in [2.75, 3.05) is 6.61 Å². The van der Waals surface area contributed by atoms with Crippen LogP contribution < -0.4 is 0 Å². The van der Waals surface area contributed by atoms with Gasteiger partial charge in [-0.1, -0.05) is 30.8 Å². The molecule has 0 bridgehead atoms. The van der Waals surface area contributed by atoms with Crippen molar-refractivity contribution < 1.29 is 13.9 Å². The van der Waals surface area contributed by atoms with Crippen LogP contribution in [0.5, 0.6) is 0 Å². The summed E-state index contributed by atoms with van der Waals surface area (Å²) in [6.45, 7) is 4.10. The Morgan fingerprint density at radius 1 is 1.28 bits per heavy atom. The SMILES string of the molecule is CCOC(=O)[C@@H](CC)Sc1ncnc2scc(-c3ccc(F)cc3)c12. The standard InChI is InChI=1S/C18H17FN2O2S2/c1-3-14(18(22)23-4-2)25-17-15-13(9-24-16(15)20-10-21-17)11-5-7-12(19)8-6-11/h5-10,14H,3-4H2,1-2H3/t14-/m1/s1. The molecular formula is C18H17FN2O2S2. The maximum absolute atomic E-state index is 13.2. The number of hydrogen-bond acceptors (Lipinski definition) is 6. The zero-order valence-electron chi connectivity index (χ0n) is 13.9. The maximum Gasteiger partial charge on any atom is 0.319 e. The van der Waals surface area contributed by atoms with Gasteiger partial charge in [-0.3, -0.25) is 4.79 Å². The van der Waals surface area contributed by atoms with Gasteiger partial charge < -0.3 is 4.74 Å². The minimum atomic E-state index is -0.320. The first-order valence-electron chi connectivity index (χ1n) is 7.95. The van der Waals surface area contributed by atoms with Gasteiger partial charge in [0.25, 0.3) is 0 Å². The van der Waals surface area contributed by atoms with E-state index in [0.717, 1.165) is 26.4 Å². The van der Waals surface area contributed by atoms with Crippen molar-refractivity contribution in [2.45, 2.75) is 30.5 Å². The monoisotopic (exact) mass is 376 g/mol. The van der Waals surface area contributed by atoms with Crippen molar-refractivity contribution in [3.8, 4) is 11.1 Å². The van der Waals surface area contributed by atoms with Crippen LogP contribution in [0.15, 0.2) is 41.0 Å². The lowest BCUT2D eigenvalue weighted by molar-refractivity contribution is -0.142. The lowest BCUT2D eigenvalue weighted by Crippen LogP contribution is -2.19. The fraction of sp³-hybridized carbons (Fsp3) is 0.278. The Hall–Kier alpha value is -1.99. The number of aromatic nitrogens is 2. The maximum atomic E-state index is 13.2. The van der Waals surface area contributed by atoms with Crippen LogP contribution in [0.3, 0.4) is 0 Å². The number of rotatable bonds is 6. The Labute approximate surface area is 153 Å². The zero-order valence-corrected chi connectivity index (χ0v) is 15.5. The molecule has 3 aromatic rings. The van der Waals surface area contributed by atoms with Crippen LogP contribution >= 0.6 is 23.1 Å². The summed E-state index contributed by atoms with van der Waals surface area (Å²) in [5, 5.41) is 3.30. The predicted octanol–water partition coefficient (Wildman–Crippen LogP) is 4.93. The molecule has 2 heterocycles. The topological polar surface area (TPSA) is 52.1 Å². The number of halogens is 1. The number of hydrogen-bond donors (Lipinski definition) is 0. The lowest BCUT2D eigenvalue weighted by atomic mass is 10.1. The van der Waals surface area contributed by atoms with Crippen LogP contribution in [-0.2, 0) is 9.53 Å². The molecular weight excluding hydrogens is 359 g/mol. The molecule has 3 rings (SSSR count). The number of nitrogens with zero attached hydrogens (tertiary/aromatic N) is 2. The third-order valence-corrected chi connectivity index (χ3v) is 5.89. The Balaban J connectivity index is 2.02. The van der Waals surface area contributed by atoms with E-state index < -0.39 is 0 Å². The molecule has 0 amide bonds. The van der Waals surface area contributed by atoms with E-state index in [1.165, 1.54) is 41.6 Å². The summed E-state index contributed by atoms with van der Waals surface area (Å²) in [7, 11) is 0. The molecule has 0 aliphatic rings. The van der Waals surface area contributed by atoms with Crippen LogP contribution in [0, 0.1) is 5.82 Å². The number of carbonyl (C=O) groups is 1. The molecule has 0 aliphatic carbocycles. The predicted molar refractivity (Wildman–Crippen MR) is 99.4 cm³/mol. The van der Waals surface area contributed by atoms with Gasteiger partial charge in [0.2, 0.25) is 0 Å². The average molecular weight is 376 g/mol. The average Bonchev–Trinajstić information content (AvgIpc) is 3.05. The van der Waals surface area contributed by atoms with E-state index in [9.17, 15) is 9.18 Å². The number of benzene rings is 1. The highest BCUT2D eigenvalue weighted by Crippen LogP contribution is 2.39. The largest absolute Gasteiger partial charge is 0.465 e. The Bertz CT molecular complexity index is 880. The molecule has 0 spiro atoms. The van der Waals surface area contributed by atoms with Gasteiger partial charge in [-0.15, -0.1) is 11.3 Å².